The van der Waals surface area contributed by atoms with Crippen LogP contribution in [0.4, 0.5) is 0 Å². The fraction of sp³-hybridized carbons (Fsp3) is 0.923. The summed E-state index contributed by atoms with van der Waals surface area (Å²) < 4.78 is 0. The van der Waals surface area contributed by atoms with Gasteiger partial charge >= 0.3 is 0 Å². The van der Waals surface area contributed by atoms with Gasteiger partial charge in [0.25, 0.3) is 0 Å². The Bertz CT molecular complexity index is 245. The first-order chi connectivity index (χ1) is 8.31. The van der Waals surface area contributed by atoms with Gasteiger partial charge in [0.2, 0.25) is 5.91 Å². The molecule has 0 fully saturated rings. The van der Waals surface area contributed by atoms with Gasteiger partial charge in [0, 0.05) is 6.54 Å². The van der Waals surface area contributed by atoms with Gasteiger partial charge in [-0.25, -0.2) is 0 Å². The van der Waals surface area contributed by atoms with E-state index < -0.39 is 5.54 Å². The SMILES string of the molecule is CCNC(C)(CCN(C)CCCN(C)C)C(N)=O. The number of nitrogens with two attached hydrogens (primary N) is 1. The Hall–Kier alpha value is -0.650. The van der Waals surface area contributed by atoms with Crippen molar-refractivity contribution in [3.63, 3.8) is 0 Å². The maximum absolute atomic E-state index is 11.5. The van der Waals surface area contributed by atoms with E-state index in [0.717, 1.165) is 39.0 Å². The predicted molar refractivity (Wildman–Crippen MR) is 76.6 cm³/mol. The third-order valence-electron chi connectivity index (χ3n) is 3.25. The molecule has 0 radical (unpaired) electrons. The van der Waals surface area contributed by atoms with E-state index in [1.165, 1.54) is 0 Å². The quantitative estimate of drug-likeness (QED) is 0.584. The van der Waals surface area contributed by atoms with Crippen LogP contribution < -0.4 is 11.1 Å². The van der Waals surface area contributed by atoms with E-state index in [9.17, 15) is 4.79 Å². The molecule has 0 heterocycles. The summed E-state index contributed by atoms with van der Waals surface area (Å²) in [5.74, 6) is -0.272. The van der Waals surface area contributed by atoms with E-state index >= 15 is 0 Å². The second-order valence-electron chi connectivity index (χ2n) is 5.44. The van der Waals surface area contributed by atoms with Gasteiger partial charge in [-0.05, 0) is 60.5 Å². The molecular formula is C13H30N4O. The molecule has 0 rings (SSSR count). The Morgan fingerprint density at radius 3 is 2.28 bits per heavy atom. The summed E-state index contributed by atoms with van der Waals surface area (Å²) in [6, 6.07) is 0. The van der Waals surface area contributed by atoms with Crippen LogP contribution in [0.2, 0.25) is 0 Å². The maximum Gasteiger partial charge on any atom is 0.237 e. The summed E-state index contributed by atoms with van der Waals surface area (Å²) in [5.41, 5.74) is 4.86. The van der Waals surface area contributed by atoms with Crippen molar-refractivity contribution >= 4 is 5.91 Å². The van der Waals surface area contributed by atoms with Crippen molar-refractivity contribution in [3.05, 3.63) is 0 Å². The van der Waals surface area contributed by atoms with E-state index in [0.29, 0.717) is 0 Å². The molecule has 0 aromatic carbocycles. The van der Waals surface area contributed by atoms with Gasteiger partial charge in [0.1, 0.15) is 0 Å². The lowest BCUT2D eigenvalue weighted by atomic mass is 9.96. The molecule has 1 atom stereocenters. The van der Waals surface area contributed by atoms with Gasteiger partial charge in [-0.1, -0.05) is 6.92 Å². The van der Waals surface area contributed by atoms with E-state index in [-0.39, 0.29) is 5.91 Å². The average Bonchev–Trinajstić information content (AvgIpc) is 2.26. The van der Waals surface area contributed by atoms with Crippen molar-refractivity contribution in [2.24, 2.45) is 5.73 Å². The molecule has 5 nitrogen and oxygen atoms in total. The second-order valence-corrected chi connectivity index (χ2v) is 5.44. The summed E-state index contributed by atoms with van der Waals surface area (Å²) in [4.78, 5) is 15.9. The molecule has 108 valence electrons. The molecule has 0 saturated heterocycles. The lowest BCUT2D eigenvalue weighted by Gasteiger charge is -2.29. The number of likely N-dealkylation sites (N-methyl/N-ethyl adjacent to an activating group) is 1. The van der Waals surface area contributed by atoms with E-state index in [1.807, 2.05) is 13.8 Å². The number of primary amides is 1. The highest BCUT2D eigenvalue weighted by Crippen LogP contribution is 2.09. The first kappa shape index (κ1) is 17.4. The van der Waals surface area contributed by atoms with Crippen molar-refractivity contribution in [1.29, 1.82) is 0 Å². The molecule has 0 aliphatic rings. The van der Waals surface area contributed by atoms with Crippen LogP contribution in [0.5, 0.6) is 0 Å². The van der Waals surface area contributed by atoms with Crippen LogP contribution in [0.1, 0.15) is 26.7 Å². The van der Waals surface area contributed by atoms with Crippen molar-refractivity contribution < 1.29 is 4.79 Å². The van der Waals surface area contributed by atoms with Gasteiger partial charge in [0.05, 0.1) is 5.54 Å². The molecule has 0 aromatic heterocycles. The molecule has 0 spiro atoms. The molecule has 0 aliphatic carbocycles. The molecule has 3 N–H and O–H groups in total. The van der Waals surface area contributed by atoms with Gasteiger partial charge < -0.3 is 20.9 Å². The van der Waals surface area contributed by atoms with Crippen molar-refractivity contribution in [2.75, 3.05) is 47.3 Å². The van der Waals surface area contributed by atoms with Crippen LogP contribution in [0, 0.1) is 0 Å². The second kappa shape index (κ2) is 8.45. The number of hydrogen-bond donors (Lipinski definition) is 2. The van der Waals surface area contributed by atoms with Crippen LogP contribution in [0.15, 0.2) is 0 Å². The van der Waals surface area contributed by atoms with Crippen LogP contribution >= 0.6 is 0 Å². The van der Waals surface area contributed by atoms with Gasteiger partial charge in [-0.2, -0.15) is 0 Å². The maximum atomic E-state index is 11.5. The molecule has 5 heteroatoms. The fourth-order valence-corrected chi connectivity index (χ4v) is 1.87. The minimum atomic E-state index is -0.593. The van der Waals surface area contributed by atoms with E-state index in [4.69, 9.17) is 5.73 Å². The van der Waals surface area contributed by atoms with Crippen molar-refractivity contribution in [3.8, 4) is 0 Å². The van der Waals surface area contributed by atoms with Crippen molar-refractivity contribution in [1.82, 2.24) is 15.1 Å². The normalized spacial score (nSPS) is 15.1. The smallest absolute Gasteiger partial charge is 0.237 e. The van der Waals surface area contributed by atoms with Gasteiger partial charge in [-0.15, -0.1) is 0 Å². The number of carbonyl (C=O) groups is 1. The number of amides is 1. The highest BCUT2D eigenvalue weighted by atomic mass is 16.1. The zero-order valence-corrected chi connectivity index (χ0v) is 12.6. The Labute approximate surface area is 112 Å². The van der Waals surface area contributed by atoms with E-state index in [1.54, 1.807) is 0 Å². The number of rotatable bonds is 10. The van der Waals surface area contributed by atoms with Gasteiger partial charge in [-0.3, -0.25) is 4.79 Å². The Morgan fingerprint density at radius 2 is 1.83 bits per heavy atom. The topological polar surface area (TPSA) is 61.6 Å². The zero-order valence-electron chi connectivity index (χ0n) is 12.6. The summed E-state index contributed by atoms with van der Waals surface area (Å²) in [7, 11) is 6.24. The number of carbonyl (C=O) groups excluding carboxylic acids is 1. The third kappa shape index (κ3) is 6.93. The highest BCUT2D eigenvalue weighted by molar-refractivity contribution is 5.84. The first-order valence-corrected chi connectivity index (χ1v) is 6.70. The molecule has 18 heavy (non-hydrogen) atoms. The molecule has 0 aromatic rings. The lowest BCUT2D eigenvalue weighted by Crippen LogP contribution is -2.54. The summed E-state index contributed by atoms with van der Waals surface area (Å²) in [6.45, 7) is 7.63. The molecule has 0 bridgehead atoms. The Balaban J connectivity index is 4.00. The third-order valence-corrected chi connectivity index (χ3v) is 3.25. The van der Waals surface area contributed by atoms with Crippen LogP contribution in [0.25, 0.3) is 0 Å². The van der Waals surface area contributed by atoms with Gasteiger partial charge in [0.15, 0.2) is 0 Å². The largest absolute Gasteiger partial charge is 0.368 e. The number of hydrogen-bond acceptors (Lipinski definition) is 4. The highest BCUT2D eigenvalue weighted by Gasteiger charge is 2.29. The number of nitrogens with zero attached hydrogens (tertiary/aromatic N) is 2. The molecule has 0 aliphatic heterocycles. The minimum absolute atomic E-state index is 0.272. The predicted octanol–water partition coefficient (Wildman–Crippen LogP) is 0.114. The zero-order chi connectivity index (χ0) is 14.2. The molecule has 0 saturated carbocycles. The average molecular weight is 258 g/mol. The molecular weight excluding hydrogens is 228 g/mol. The monoisotopic (exact) mass is 258 g/mol. The van der Waals surface area contributed by atoms with Crippen LogP contribution in [-0.4, -0.2) is 68.6 Å². The minimum Gasteiger partial charge on any atom is -0.368 e. The summed E-state index contributed by atoms with van der Waals surface area (Å²) in [6.07, 6.45) is 1.88. The van der Waals surface area contributed by atoms with Crippen LogP contribution in [0.3, 0.4) is 0 Å². The Morgan fingerprint density at radius 1 is 1.22 bits per heavy atom. The van der Waals surface area contributed by atoms with Crippen molar-refractivity contribution in [2.45, 2.75) is 32.2 Å². The Kier molecular flexibility index (Phi) is 8.15. The van der Waals surface area contributed by atoms with Crippen LogP contribution in [-0.2, 0) is 4.79 Å². The molecule has 1 amide bonds. The standard InChI is InChI=1S/C13H30N4O/c1-6-15-13(2,12(14)18)8-11-17(5)10-7-9-16(3)4/h15H,6-11H2,1-5H3,(H2,14,18). The summed E-state index contributed by atoms with van der Waals surface area (Å²) in [5, 5.41) is 3.18. The summed E-state index contributed by atoms with van der Waals surface area (Å²) >= 11 is 0. The van der Waals surface area contributed by atoms with E-state index in [2.05, 4.69) is 36.3 Å². The first-order valence-electron chi connectivity index (χ1n) is 6.70. The molecule has 1 unspecified atom stereocenters. The fourth-order valence-electron chi connectivity index (χ4n) is 1.87. The lowest BCUT2D eigenvalue weighted by molar-refractivity contribution is -0.124. The number of nitrogens with one attached hydrogen (secondary N) is 1.